The summed E-state index contributed by atoms with van der Waals surface area (Å²) in [5.74, 6) is 0.141. The highest BCUT2D eigenvalue weighted by Crippen LogP contribution is 2.16. The van der Waals surface area contributed by atoms with Gasteiger partial charge in [0.15, 0.2) is 0 Å². The molecule has 430 valence electrons. The van der Waals surface area contributed by atoms with Crippen LogP contribution in [0.25, 0.3) is 0 Å². The Kier molecular flexibility index (Phi) is 48.1. The standard InChI is InChI=1S/C35H64NO4.C28H58NO4/c1-6-7-8-9-10-11-12-13-14-15-16-17-18-19-23-26-38-30-34(39-29-33-24-21-20-22-25-33)31-40-35(37)27-32(2)28-36(3,4)5;1-6-7-8-9-10-11-12-13-14-15-16-17-18-19-20-21-32-24-27(30)25-33-28(31)22-26(2)23-29(3,4)5/h20-22,24-25,32,34H,6-19,23,26-31H2,1-5H3;26-27,30H,6-25H2,1-5H3/q2*+1. The molecule has 10 heteroatoms. The maximum absolute atomic E-state index is 12.4. The third-order valence-electron chi connectivity index (χ3n) is 13.3. The largest absolute Gasteiger partial charge is 0.463 e. The average Bonchev–Trinajstić information content (AvgIpc) is 3.32. The van der Waals surface area contributed by atoms with Gasteiger partial charge >= 0.3 is 11.9 Å². The smallest absolute Gasteiger partial charge is 0.306 e. The van der Waals surface area contributed by atoms with Gasteiger partial charge in [-0.2, -0.15) is 0 Å². The Bertz CT molecular complexity index is 1330. The van der Waals surface area contributed by atoms with Crippen LogP contribution < -0.4 is 0 Å². The van der Waals surface area contributed by atoms with E-state index in [1.807, 2.05) is 30.3 Å². The maximum Gasteiger partial charge on any atom is 0.306 e. The van der Waals surface area contributed by atoms with E-state index < -0.39 is 6.10 Å². The fourth-order valence-corrected chi connectivity index (χ4v) is 9.63. The van der Waals surface area contributed by atoms with Crippen LogP contribution in [0.2, 0.25) is 0 Å². The summed E-state index contributed by atoms with van der Waals surface area (Å²) in [6.45, 7) is 13.4. The molecule has 0 spiro atoms. The second-order valence-electron chi connectivity index (χ2n) is 24.1. The third kappa shape index (κ3) is 54.5. The normalized spacial score (nSPS) is 13.5. The minimum atomic E-state index is -0.737. The molecule has 0 bridgehead atoms. The number of hydrogen-bond donors (Lipinski definition) is 1. The van der Waals surface area contributed by atoms with E-state index in [0.29, 0.717) is 32.7 Å². The molecular formula is C63H122N2O8+2. The number of carbonyl (C=O) groups is 2. The Morgan fingerprint density at radius 1 is 0.452 bits per heavy atom. The van der Waals surface area contributed by atoms with Gasteiger partial charge in [-0.15, -0.1) is 0 Å². The van der Waals surface area contributed by atoms with Crippen LogP contribution in [0.5, 0.6) is 0 Å². The summed E-state index contributed by atoms with van der Waals surface area (Å²) in [7, 11) is 12.8. The van der Waals surface area contributed by atoms with E-state index in [4.69, 9.17) is 23.7 Å². The number of unbranched alkanes of at least 4 members (excludes halogenated alkanes) is 28. The number of ether oxygens (including phenoxy) is 5. The lowest BCUT2D eigenvalue weighted by atomic mass is 10.0. The molecule has 0 aliphatic rings. The van der Waals surface area contributed by atoms with Crippen LogP contribution in [0.15, 0.2) is 30.3 Å². The number of aliphatic hydroxyl groups excluding tert-OH is 1. The molecule has 4 unspecified atom stereocenters. The lowest BCUT2D eigenvalue weighted by Crippen LogP contribution is -2.39. The van der Waals surface area contributed by atoms with E-state index in [9.17, 15) is 14.7 Å². The van der Waals surface area contributed by atoms with Gasteiger partial charge in [-0.1, -0.05) is 238 Å². The Morgan fingerprint density at radius 2 is 0.781 bits per heavy atom. The van der Waals surface area contributed by atoms with Crippen LogP contribution in [-0.2, 0) is 39.9 Å². The molecule has 0 saturated carbocycles. The Labute approximate surface area is 452 Å². The second kappa shape index (κ2) is 49.5. The van der Waals surface area contributed by atoms with Crippen molar-refractivity contribution in [2.24, 2.45) is 11.8 Å². The van der Waals surface area contributed by atoms with Crippen molar-refractivity contribution < 1.29 is 47.3 Å². The summed E-state index contributed by atoms with van der Waals surface area (Å²) in [6, 6.07) is 10.1. The summed E-state index contributed by atoms with van der Waals surface area (Å²) in [4.78, 5) is 24.3. The fraction of sp³-hybridized carbons (Fsp3) is 0.873. The number of nitrogens with zero attached hydrogens (tertiary/aromatic N) is 2. The summed E-state index contributed by atoms with van der Waals surface area (Å²) >= 11 is 0. The quantitative estimate of drug-likeness (QED) is 0.0391. The van der Waals surface area contributed by atoms with Crippen molar-refractivity contribution in [3.8, 4) is 0 Å². The first-order valence-corrected chi connectivity index (χ1v) is 30.5. The number of aliphatic hydroxyl groups is 1. The van der Waals surface area contributed by atoms with E-state index in [-0.39, 0.29) is 49.7 Å². The van der Waals surface area contributed by atoms with Gasteiger partial charge < -0.3 is 37.8 Å². The molecule has 73 heavy (non-hydrogen) atoms. The van der Waals surface area contributed by atoms with Crippen LogP contribution in [0, 0.1) is 11.8 Å². The van der Waals surface area contributed by atoms with Crippen LogP contribution in [0.3, 0.4) is 0 Å². The van der Waals surface area contributed by atoms with E-state index in [1.54, 1.807) is 0 Å². The van der Waals surface area contributed by atoms with Crippen LogP contribution in [-0.4, -0.2) is 133 Å². The molecule has 0 radical (unpaired) electrons. The zero-order valence-corrected chi connectivity index (χ0v) is 49.9. The molecule has 0 saturated heterocycles. The van der Waals surface area contributed by atoms with Crippen molar-refractivity contribution >= 4 is 11.9 Å². The number of carbonyl (C=O) groups excluding carboxylic acids is 2. The van der Waals surface area contributed by atoms with Crippen molar-refractivity contribution in [3.05, 3.63) is 35.9 Å². The molecule has 1 aromatic carbocycles. The minimum absolute atomic E-state index is 0.0226. The summed E-state index contributed by atoms with van der Waals surface area (Å²) < 4.78 is 30.1. The maximum atomic E-state index is 12.4. The van der Waals surface area contributed by atoms with E-state index in [1.165, 1.54) is 180 Å². The molecule has 0 aliphatic heterocycles. The topological polar surface area (TPSA) is 101 Å². The van der Waals surface area contributed by atoms with Gasteiger partial charge in [-0.3, -0.25) is 9.59 Å². The molecule has 0 aliphatic carbocycles. The van der Waals surface area contributed by atoms with Gasteiger partial charge in [0, 0.05) is 25.0 Å². The van der Waals surface area contributed by atoms with Crippen molar-refractivity contribution in [1.29, 1.82) is 0 Å². The minimum Gasteiger partial charge on any atom is -0.463 e. The van der Waals surface area contributed by atoms with Gasteiger partial charge in [0.2, 0.25) is 0 Å². The number of hydrogen-bond acceptors (Lipinski definition) is 8. The first-order valence-electron chi connectivity index (χ1n) is 30.5. The van der Waals surface area contributed by atoms with Crippen molar-refractivity contribution in [1.82, 2.24) is 0 Å². The van der Waals surface area contributed by atoms with Gasteiger partial charge in [0.1, 0.15) is 25.4 Å². The number of benzene rings is 1. The molecule has 10 nitrogen and oxygen atoms in total. The summed E-state index contributed by atoms with van der Waals surface area (Å²) in [5.41, 5.74) is 1.11. The van der Waals surface area contributed by atoms with Crippen molar-refractivity contribution in [3.63, 3.8) is 0 Å². The Hall–Kier alpha value is -2.08. The van der Waals surface area contributed by atoms with Gasteiger partial charge in [-0.25, -0.2) is 0 Å². The SMILES string of the molecule is CCCCCCCCCCCCCCCCCOCC(COC(=O)CC(C)C[N+](C)(C)C)OCc1ccccc1.CCCCCCCCCCCCCCCCCOCC(O)COC(=O)CC(C)C[N+](C)(C)C. The van der Waals surface area contributed by atoms with Crippen molar-refractivity contribution in [2.45, 2.75) is 252 Å². The fourth-order valence-electron chi connectivity index (χ4n) is 9.63. The zero-order chi connectivity index (χ0) is 54.1. The second-order valence-corrected chi connectivity index (χ2v) is 24.1. The first kappa shape index (κ1) is 70.9. The lowest BCUT2D eigenvalue weighted by molar-refractivity contribution is -0.873. The van der Waals surface area contributed by atoms with Crippen LogP contribution in [0.1, 0.15) is 239 Å². The highest BCUT2D eigenvalue weighted by atomic mass is 16.6. The predicted octanol–water partition coefficient (Wildman–Crippen LogP) is 15.2. The third-order valence-corrected chi connectivity index (χ3v) is 13.3. The molecule has 4 atom stereocenters. The van der Waals surface area contributed by atoms with Crippen molar-refractivity contribution in [2.75, 3.05) is 95.0 Å². The van der Waals surface area contributed by atoms with Gasteiger partial charge in [0.25, 0.3) is 0 Å². The predicted molar refractivity (Wildman–Crippen MR) is 308 cm³/mol. The van der Waals surface area contributed by atoms with Gasteiger partial charge in [-0.05, 0) is 18.4 Å². The molecule has 0 fully saturated rings. The number of esters is 2. The molecule has 0 heterocycles. The van der Waals surface area contributed by atoms with E-state index in [2.05, 4.69) is 70.0 Å². The van der Waals surface area contributed by atoms with Crippen LogP contribution in [0.4, 0.5) is 0 Å². The lowest BCUT2D eigenvalue weighted by Gasteiger charge is -2.27. The molecule has 1 rings (SSSR count). The Morgan fingerprint density at radius 3 is 1.14 bits per heavy atom. The summed E-state index contributed by atoms with van der Waals surface area (Å²) in [6.07, 6.45) is 40.5. The Balaban J connectivity index is 0.00000145. The average molecular weight is 1040 g/mol. The molecular weight excluding hydrogens is 913 g/mol. The highest BCUT2D eigenvalue weighted by Gasteiger charge is 2.21. The monoisotopic (exact) mass is 1030 g/mol. The highest BCUT2D eigenvalue weighted by molar-refractivity contribution is 5.70. The number of rotatable bonds is 51. The summed E-state index contributed by atoms with van der Waals surface area (Å²) in [5, 5.41) is 9.94. The molecule has 0 amide bonds. The number of quaternary nitrogens is 2. The van der Waals surface area contributed by atoms with E-state index >= 15 is 0 Å². The first-order chi connectivity index (χ1) is 35.0. The molecule has 1 N–H and O–H groups in total. The molecule has 1 aromatic rings. The van der Waals surface area contributed by atoms with Gasteiger partial charge in [0.05, 0.1) is 88.0 Å². The van der Waals surface area contributed by atoms with Crippen LogP contribution >= 0.6 is 0 Å². The molecule has 0 aromatic heterocycles. The zero-order valence-electron chi connectivity index (χ0n) is 49.9. The van der Waals surface area contributed by atoms with E-state index in [0.717, 1.165) is 47.1 Å².